The summed E-state index contributed by atoms with van der Waals surface area (Å²) in [6.07, 6.45) is 3.02. The zero-order valence-corrected chi connectivity index (χ0v) is 16.4. The average Bonchev–Trinajstić information content (AvgIpc) is 3.27. The zero-order chi connectivity index (χ0) is 17.2. The van der Waals surface area contributed by atoms with Crippen LogP contribution < -0.4 is 15.5 Å². The number of halogens is 2. The van der Waals surface area contributed by atoms with E-state index in [4.69, 9.17) is 0 Å². The van der Waals surface area contributed by atoms with Gasteiger partial charge in [0.1, 0.15) is 11.8 Å². The lowest BCUT2D eigenvalue weighted by molar-refractivity contribution is -0.119. The van der Waals surface area contributed by atoms with E-state index in [-0.39, 0.29) is 37.3 Å². The Labute approximate surface area is 169 Å². The molecule has 2 aromatic heterocycles. The summed E-state index contributed by atoms with van der Waals surface area (Å²) in [5.41, 5.74) is 5.07. The topological polar surface area (TPSA) is 98.8 Å². The molecule has 0 bridgehead atoms. The Balaban J connectivity index is 0.00000131. The van der Waals surface area contributed by atoms with Crippen LogP contribution in [0.25, 0.3) is 11.2 Å². The molecule has 1 aliphatic heterocycles. The number of rotatable bonds is 5. The van der Waals surface area contributed by atoms with Crippen LogP contribution in [0.3, 0.4) is 0 Å². The molecule has 0 spiro atoms. The van der Waals surface area contributed by atoms with E-state index >= 15 is 0 Å². The Bertz CT molecular complexity index is 931. The van der Waals surface area contributed by atoms with Gasteiger partial charge in [0.25, 0.3) is 0 Å². The second-order valence-electron chi connectivity index (χ2n) is 6.14. The Morgan fingerprint density at radius 1 is 1.19 bits per heavy atom. The number of carbonyl (C=O) groups is 1. The fourth-order valence-electron chi connectivity index (χ4n) is 3.05. The number of imidazole rings is 1. The molecule has 4 rings (SSSR count). The van der Waals surface area contributed by atoms with Crippen molar-refractivity contribution < 1.29 is 4.79 Å². The van der Waals surface area contributed by atoms with Gasteiger partial charge >= 0.3 is 0 Å². The van der Waals surface area contributed by atoms with Gasteiger partial charge in [0, 0.05) is 26.7 Å². The zero-order valence-electron chi connectivity index (χ0n) is 14.7. The van der Waals surface area contributed by atoms with Crippen molar-refractivity contribution in [3.05, 3.63) is 47.5 Å². The molecule has 1 aromatic carbocycles. The highest BCUT2D eigenvalue weighted by Gasteiger charge is 2.14. The lowest BCUT2D eigenvalue weighted by Gasteiger charge is -2.18. The summed E-state index contributed by atoms with van der Waals surface area (Å²) >= 11 is 0. The van der Waals surface area contributed by atoms with Crippen molar-refractivity contribution >= 4 is 47.7 Å². The van der Waals surface area contributed by atoms with Crippen LogP contribution in [0, 0.1) is 0 Å². The standard InChI is InChI=1S/C17H19N7O.2ClH/c1-24(17-15-16(21-9-20-15)22-10-23-17)8-14(25)19-5-11-2-3-12-6-18-7-13(12)4-11;;/h2-4,9-10,18H,5-8H2,1H3,(H,19,25)(H,20,21,22,23);2*1H. The Kier molecular flexibility index (Phi) is 6.95. The lowest BCUT2D eigenvalue weighted by atomic mass is 10.1. The third-order valence-electron chi connectivity index (χ3n) is 4.34. The van der Waals surface area contributed by atoms with Crippen LogP contribution in [0.4, 0.5) is 5.82 Å². The van der Waals surface area contributed by atoms with Gasteiger partial charge in [0.15, 0.2) is 11.5 Å². The SMILES string of the molecule is CN(CC(=O)NCc1ccc2c(c1)CNC2)c1ncnc2nc[nH]c12.Cl.Cl. The minimum Gasteiger partial charge on any atom is -0.350 e. The number of aromatic amines is 1. The van der Waals surface area contributed by atoms with Gasteiger partial charge in [-0.25, -0.2) is 15.0 Å². The first kappa shape index (κ1) is 20.9. The highest BCUT2D eigenvalue weighted by molar-refractivity contribution is 5.87. The molecule has 0 unspecified atom stereocenters. The van der Waals surface area contributed by atoms with E-state index in [2.05, 4.69) is 48.8 Å². The van der Waals surface area contributed by atoms with Crippen LogP contribution in [-0.4, -0.2) is 39.4 Å². The monoisotopic (exact) mass is 409 g/mol. The van der Waals surface area contributed by atoms with Gasteiger partial charge in [0.2, 0.25) is 5.91 Å². The van der Waals surface area contributed by atoms with E-state index < -0.39 is 0 Å². The molecule has 3 heterocycles. The number of fused-ring (bicyclic) bond motifs is 2. The Morgan fingerprint density at radius 2 is 2.00 bits per heavy atom. The van der Waals surface area contributed by atoms with Crippen LogP contribution in [0.15, 0.2) is 30.9 Å². The van der Waals surface area contributed by atoms with E-state index in [1.165, 1.54) is 17.5 Å². The molecule has 0 fully saturated rings. The number of likely N-dealkylation sites (N-methyl/N-ethyl adjacent to an activating group) is 1. The summed E-state index contributed by atoms with van der Waals surface area (Å²) in [7, 11) is 1.82. The molecule has 3 aromatic rings. The molecule has 1 aliphatic rings. The second-order valence-corrected chi connectivity index (χ2v) is 6.14. The predicted octanol–water partition coefficient (Wildman–Crippen LogP) is 1.55. The summed E-state index contributed by atoms with van der Waals surface area (Å²) in [4.78, 5) is 29.5. The third kappa shape index (κ3) is 4.47. The number of hydrogen-bond donors (Lipinski definition) is 3. The third-order valence-corrected chi connectivity index (χ3v) is 4.34. The first-order chi connectivity index (χ1) is 12.2. The minimum atomic E-state index is -0.0626. The molecule has 144 valence electrons. The summed E-state index contributed by atoms with van der Waals surface area (Å²) in [5, 5.41) is 6.28. The number of H-pyrrole nitrogens is 1. The van der Waals surface area contributed by atoms with E-state index in [1.54, 1.807) is 11.2 Å². The minimum absolute atomic E-state index is 0. The molecule has 1 amide bonds. The van der Waals surface area contributed by atoms with Crippen LogP contribution in [0.5, 0.6) is 0 Å². The molecule has 3 N–H and O–H groups in total. The fraction of sp³-hybridized carbons (Fsp3) is 0.294. The summed E-state index contributed by atoms with van der Waals surface area (Å²) in [6, 6.07) is 6.34. The Hall–Kier alpha value is -2.42. The highest BCUT2D eigenvalue weighted by atomic mass is 35.5. The first-order valence-corrected chi connectivity index (χ1v) is 8.14. The van der Waals surface area contributed by atoms with E-state index in [0.29, 0.717) is 18.0 Å². The van der Waals surface area contributed by atoms with Gasteiger partial charge in [-0.3, -0.25) is 4.79 Å². The number of hydrogen-bond acceptors (Lipinski definition) is 6. The van der Waals surface area contributed by atoms with Crippen molar-refractivity contribution in [1.29, 1.82) is 0 Å². The van der Waals surface area contributed by atoms with Crippen LogP contribution in [-0.2, 0) is 24.4 Å². The predicted molar refractivity (Wildman–Crippen MR) is 108 cm³/mol. The van der Waals surface area contributed by atoms with E-state index in [0.717, 1.165) is 24.2 Å². The lowest BCUT2D eigenvalue weighted by Crippen LogP contribution is -2.35. The van der Waals surface area contributed by atoms with Crippen molar-refractivity contribution in [2.75, 3.05) is 18.5 Å². The molecule has 0 atom stereocenters. The number of amides is 1. The van der Waals surface area contributed by atoms with Crippen molar-refractivity contribution in [1.82, 2.24) is 30.6 Å². The quantitative estimate of drug-likeness (QED) is 0.591. The van der Waals surface area contributed by atoms with Gasteiger partial charge in [0.05, 0.1) is 12.9 Å². The van der Waals surface area contributed by atoms with Gasteiger partial charge in [-0.05, 0) is 16.7 Å². The number of aromatic nitrogens is 4. The van der Waals surface area contributed by atoms with E-state index in [1.807, 2.05) is 7.05 Å². The van der Waals surface area contributed by atoms with E-state index in [9.17, 15) is 4.79 Å². The van der Waals surface area contributed by atoms with Crippen molar-refractivity contribution in [2.24, 2.45) is 0 Å². The highest BCUT2D eigenvalue weighted by Crippen LogP contribution is 2.18. The molecular formula is C17H21Cl2N7O. The number of carbonyl (C=O) groups excluding carboxylic acids is 1. The molecule has 27 heavy (non-hydrogen) atoms. The maximum absolute atomic E-state index is 12.3. The number of benzene rings is 1. The summed E-state index contributed by atoms with van der Waals surface area (Å²) in [6.45, 7) is 2.54. The maximum atomic E-state index is 12.3. The largest absolute Gasteiger partial charge is 0.350 e. The molecule has 8 nitrogen and oxygen atoms in total. The number of anilines is 1. The molecule has 10 heteroatoms. The molecule has 0 saturated carbocycles. The van der Waals surface area contributed by atoms with Crippen LogP contribution >= 0.6 is 24.8 Å². The molecule has 0 saturated heterocycles. The average molecular weight is 410 g/mol. The van der Waals surface area contributed by atoms with Crippen molar-refractivity contribution in [2.45, 2.75) is 19.6 Å². The Morgan fingerprint density at radius 3 is 2.85 bits per heavy atom. The smallest absolute Gasteiger partial charge is 0.239 e. The molecular weight excluding hydrogens is 389 g/mol. The van der Waals surface area contributed by atoms with Crippen molar-refractivity contribution in [3.63, 3.8) is 0 Å². The second kappa shape index (κ2) is 8.98. The van der Waals surface area contributed by atoms with Gasteiger partial charge < -0.3 is 20.5 Å². The molecule has 0 radical (unpaired) electrons. The fourth-order valence-corrected chi connectivity index (χ4v) is 3.05. The summed E-state index contributed by atoms with van der Waals surface area (Å²) < 4.78 is 0. The number of nitrogens with one attached hydrogen (secondary N) is 3. The van der Waals surface area contributed by atoms with Crippen LogP contribution in [0.2, 0.25) is 0 Å². The van der Waals surface area contributed by atoms with Gasteiger partial charge in [-0.2, -0.15) is 0 Å². The summed E-state index contributed by atoms with van der Waals surface area (Å²) in [5.74, 6) is 0.591. The van der Waals surface area contributed by atoms with Gasteiger partial charge in [-0.15, -0.1) is 24.8 Å². The van der Waals surface area contributed by atoms with Crippen molar-refractivity contribution in [3.8, 4) is 0 Å². The number of nitrogens with zero attached hydrogens (tertiary/aromatic N) is 4. The van der Waals surface area contributed by atoms with Gasteiger partial charge in [-0.1, -0.05) is 18.2 Å². The first-order valence-electron chi connectivity index (χ1n) is 8.14. The normalized spacial score (nSPS) is 12.0. The molecule has 0 aliphatic carbocycles. The van der Waals surface area contributed by atoms with Crippen LogP contribution in [0.1, 0.15) is 16.7 Å². The maximum Gasteiger partial charge on any atom is 0.239 e.